The monoisotopic (exact) mass is 448 g/mol. The number of hydrazone groups is 1. The van der Waals surface area contributed by atoms with Crippen LogP contribution in [0.2, 0.25) is 5.02 Å². The van der Waals surface area contributed by atoms with Gasteiger partial charge in [0.25, 0.3) is 5.91 Å². The van der Waals surface area contributed by atoms with Gasteiger partial charge in [-0.1, -0.05) is 30.7 Å². The molecule has 0 unspecified atom stereocenters. The average molecular weight is 449 g/mol. The Balaban J connectivity index is 1.66. The summed E-state index contributed by atoms with van der Waals surface area (Å²) in [6, 6.07) is 10.5. The van der Waals surface area contributed by atoms with Crippen LogP contribution in [0, 0.1) is 5.41 Å². The molecule has 11 heteroatoms. The molecule has 8 nitrogen and oxygen atoms in total. The Labute approximate surface area is 175 Å². The topological polar surface area (TPSA) is 116 Å². The minimum atomic E-state index is -3.57. The maximum atomic E-state index is 12.4. The first-order valence-corrected chi connectivity index (χ1v) is 11.2. The maximum absolute atomic E-state index is 12.4. The summed E-state index contributed by atoms with van der Waals surface area (Å²) in [6.07, 6.45) is 1.38. The minimum Gasteiger partial charge on any atom is -0.457 e. The molecule has 3 heterocycles. The van der Waals surface area contributed by atoms with Gasteiger partial charge in [-0.2, -0.15) is 10.0 Å². The molecule has 1 amide bonds. The molecule has 2 aliphatic rings. The first-order valence-electron chi connectivity index (χ1n) is 8.37. The molecule has 29 heavy (non-hydrogen) atoms. The number of aliphatic imine (C=N–C) groups is 1. The van der Waals surface area contributed by atoms with E-state index >= 15 is 0 Å². The molecule has 1 aromatic carbocycles. The number of furan rings is 1. The van der Waals surface area contributed by atoms with Gasteiger partial charge in [0.1, 0.15) is 11.5 Å². The SMILES string of the molecule is CCS(=O)(=O)C1=NN2C(=N)/C(=C/c3ccc(-c4cccc(Cl)c4)o3)C(=O)N=C2S1. The predicted molar refractivity (Wildman–Crippen MR) is 114 cm³/mol. The molecule has 0 radical (unpaired) electrons. The molecule has 1 aromatic heterocycles. The lowest BCUT2D eigenvalue weighted by molar-refractivity contribution is -0.114. The van der Waals surface area contributed by atoms with Crippen LogP contribution in [0.15, 0.2) is 56.5 Å². The van der Waals surface area contributed by atoms with Gasteiger partial charge in [-0.05, 0) is 42.1 Å². The molecule has 0 atom stereocenters. The molecular formula is C18H13ClN4O4S2. The summed E-state index contributed by atoms with van der Waals surface area (Å²) in [4.78, 5) is 16.3. The number of thioether (sulfide) groups is 1. The van der Waals surface area contributed by atoms with Crippen LogP contribution < -0.4 is 0 Å². The number of nitrogens with zero attached hydrogens (tertiary/aromatic N) is 3. The summed E-state index contributed by atoms with van der Waals surface area (Å²) in [5.41, 5.74) is 0.711. The first kappa shape index (κ1) is 19.6. The van der Waals surface area contributed by atoms with E-state index in [-0.39, 0.29) is 26.7 Å². The van der Waals surface area contributed by atoms with Crippen molar-refractivity contribution in [3.05, 3.63) is 52.8 Å². The van der Waals surface area contributed by atoms with Crippen molar-refractivity contribution in [2.24, 2.45) is 10.1 Å². The van der Waals surface area contributed by atoms with Crippen LogP contribution in [-0.2, 0) is 14.6 Å². The van der Waals surface area contributed by atoms with Crippen LogP contribution in [0.5, 0.6) is 0 Å². The predicted octanol–water partition coefficient (Wildman–Crippen LogP) is 3.61. The van der Waals surface area contributed by atoms with Crippen molar-refractivity contribution in [1.29, 1.82) is 5.41 Å². The van der Waals surface area contributed by atoms with Crippen molar-refractivity contribution in [2.75, 3.05) is 5.75 Å². The van der Waals surface area contributed by atoms with E-state index in [0.29, 0.717) is 16.5 Å². The molecular weight excluding hydrogens is 436 g/mol. The number of sulfone groups is 1. The molecule has 0 aliphatic carbocycles. The maximum Gasteiger partial charge on any atom is 0.283 e. The third kappa shape index (κ3) is 3.66. The second-order valence-corrected chi connectivity index (χ2v) is 9.85. The Morgan fingerprint density at radius 3 is 2.83 bits per heavy atom. The largest absolute Gasteiger partial charge is 0.457 e. The molecule has 0 spiro atoms. The summed E-state index contributed by atoms with van der Waals surface area (Å²) in [5, 5.41) is 13.9. The standard InChI is InChI=1S/C18H13ClN4O4S2/c1-2-29(25,26)18-22-23-15(20)13(16(24)21-17(23)28-18)9-12-6-7-14(27-12)10-4-3-5-11(19)8-10/h3-9,20H,2H2,1H3/b13-9-,20-15?. The quantitative estimate of drug-likeness (QED) is 0.717. The van der Waals surface area contributed by atoms with E-state index in [1.165, 1.54) is 13.0 Å². The van der Waals surface area contributed by atoms with E-state index in [4.69, 9.17) is 21.4 Å². The fourth-order valence-corrected chi connectivity index (χ4v) is 4.95. The summed E-state index contributed by atoms with van der Waals surface area (Å²) in [7, 11) is -3.57. The normalized spacial score (nSPS) is 18.1. The van der Waals surface area contributed by atoms with Crippen LogP contribution in [0.1, 0.15) is 12.7 Å². The number of benzene rings is 1. The number of hydrogen-bond acceptors (Lipinski definition) is 7. The number of rotatable bonds is 3. The Morgan fingerprint density at radius 1 is 1.31 bits per heavy atom. The van der Waals surface area contributed by atoms with E-state index in [9.17, 15) is 13.2 Å². The van der Waals surface area contributed by atoms with Gasteiger partial charge in [0.2, 0.25) is 19.4 Å². The number of amidine groups is 2. The molecule has 0 bridgehead atoms. The Hall–Kier alpha value is -2.69. The number of fused-ring (bicyclic) bond motifs is 1. The van der Waals surface area contributed by atoms with Gasteiger partial charge in [-0.25, -0.2) is 8.42 Å². The number of carbonyl (C=O) groups excluding carboxylic acids is 1. The van der Waals surface area contributed by atoms with Gasteiger partial charge in [0.05, 0.1) is 11.3 Å². The molecule has 2 aromatic rings. The summed E-state index contributed by atoms with van der Waals surface area (Å²) < 4.78 is 29.6. The van der Waals surface area contributed by atoms with Crippen LogP contribution in [0.25, 0.3) is 17.4 Å². The van der Waals surface area contributed by atoms with Gasteiger partial charge >= 0.3 is 0 Å². The van der Waals surface area contributed by atoms with E-state index in [1.807, 2.05) is 6.07 Å². The van der Waals surface area contributed by atoms with Crippen LogP contribution in [0.4, 0.5) is 0 Å². The van der Waals surface area contributed by atoms with E-state index in [1.54, 1.807) is 30.3 Å². The average Bonchev–Trinajstić information content (AvgIpc) is 3.33. The van der Waals surface area contributed by atoms with Gasteiger partial charge in [-0.3, -0.25) is 10.2 Å². The molecule has 0 saturated carbocycles. The van der Waals surface area contributed by atoms with Crippen LogP contribution in [-0.4, -0.2) is 40.5 Å². The number of carbonyl (C=O) groups is 1. The zero-order valence-corrected chi connectivity index (χ0v) is 17.3. The minimum absolute atomic E-state index is 0.0447. The highest BCUT2D eigenvalue weighted by molar-refractivity contribution is 8.42. The van der Waals surface area contributed by atoms with Crippen molar-refractivity contribution in [3.63, 3.8) is 0 Å². The lowest BCUT2D eigenvalue weighted by atomic mass is 10.1. The molecule has 2 aliphatic heterocycles. The van der Waals surface area contributed by atoms with Crippen molar-refractivity contribution in [1.82, 2.24) is 5.01 Å². The lowest BCUT2D eigenvalue weighted by Gasteiger charge is -2.19. The van der Waals surface area contributed by atoms with Crippen molar-refractivity contribution < 1.29 is 17.6 Å². The zero-order chi connectivity index (χ0) is 20.8. The Kier molecular flexibility index (Phi) is 4.93. The fourth-order valence-electron chi connectivity index (χ4n) is 2.59. The molecule has 1 N–H and O–H groups in total. The van der Waals surface area contributed by atoms with Crippen LogP contribution >= 0.6 is 23.4 Å². The second kappa shape index (κ2) is 7.29. The van der Waals surface area contributed by atoms with E-state index in [2.05, 4.69) is 10.1 Å². The number of halogens is 1. The molecule has 148 valence electrons. The van der Waals surface area contributed by atoms with E-state index < -0.39 is 15.7 Å². The van der Waals surface area contributed by atoms with Crippen molar-refractivity contribution in [2.45, 2.75) is 6.92 Å². The van der Waals surface area contributed by atoms with E-state index in [0.717, 1.165) is 22.3 Å². The van der Waals surface area contributed by atoms with Gasteiger partial charge in [0, 0.05) is 10.6 Å². The smallest absolute Gasteiger partial charge is 0.283 e. The first-order chi connectivity index (χ1) is 13.8. The van der Waals surface area contributed by atoms with Gasteiger partial charge < -0.3 is 4.42 Å². The van der Waals surface area contributed by atoms with Crippen molar-refractivity contribution >= 4 is 60.6 Å². The molecule has 0 fully saturated rings. The summed E-state index contributed by atoms with van der Waals surface area (Å²) in [5.74, 6) is -0.189. The van der Waals surface area contributed by atoms with Crippen molar-refractivity contribution in [3.8, 4) is 11.3 Å². The van der Waals surface area contributed by atoms with Gasteiger partial charge in [0.15, 0.2) is 5.84 Å². The third-order valence-corrected chi connectivity index (χ3v) is 7.43. The van der Waals surface area contributed by atoms with Crippen LogP contribution in [0.3, 0.4) is 0 Å². The zero-order valence-electron chi connectivity index (χ0n) is 14.9. The third-order valence-electron chi connectivity index (χ3n) is 4.10. The molecule has 4 rings (SSSR count). The highest BCUT2D eigenvalue weighted by Gasteiger charge is 2.39. The Morgan fingerprint density at radius 2 is 2.10 bits per heavy atom. The highest BCUT2D eigenvalue weighted by Crippen LogP contribution is 2.31. The molecule has 0 saturated heterocycles. The number of hydrogen-bond donors (Lipinski definition) is 1. The lowest BCUT2D eigenvalue weighted by Crippen LogP contribution is -2.35. The fraction of sp³-hybridized carbons (Fsp3) is 0.111. The van der Waals surface area contributed by atoms with Gasteiger partial charge in [-0.15, -0.1) is 5.10 Å². The highest BCUT2D eigenvalue weighted by atomic mass is 35.5. The second-order valence-electron chi connectivity index (χ2n) is 6.00. The number of nitrogens with one attached hydrogen (secondary N) is 1. The number of amides is 1. The summed E-state index contributed by atoms with van der Waals surface area (Å²) in [6.45, 7) is 1.49. The Bertz CT molecular complexity index is 1240. The summed E-state index contributed by atoms with van der Waals surface area (Å²) >= 11 is 6.76.